The van der Waals surface area contributed by atoms with Crippen LogP contribution in [-0.2, 0) is 0 Å². The van der Waals surface area contributed by atoms with Crippen molar-refractivity contribution in [1.29, 1.82) is 0 Å². The fourth-order valence-corrected chi connectivity index (χ4v) is 2.84. The van der Waals surface area contributed by atoms with Crippen molar-refractivity contribution in [3.05, 3.63) is 58.0 Å². The van der Waals surface area contributed by atoms with Crippen LogP contribution in [0, 0.1) is 6.92 Å². The van der Waals surface area contributed by atoms with Gasteiger partial charge in [0.1, 0.15) is 5.56 Å². The first-order chi connectivity index (χ1) is 10.6. The summed E-state index contributed by atoms with van der Waals surface area (Å²) in [5.74, 6) is -0.0363. The molecular weight excluding hydrogens is 280 g/mol. The number of aromatic amines is 1. The van der Waals surface area contributed by atoms with E-state index in [9.17, 15) is 9.59 Å². The molecule has 0 aliphatic carbocycles. The number of rotatable bonds is 2. The molecule has 114 valence electrons. The van der Waals surface area contributed by atoms with E-state index in [1.165, 1.54) is 0 Å². The first kappa shape index (κ1) is 14.4. The quantitative estimate of drug-likeness (QED) is 0.911. The van der Waals surface area contributed by atoms with Gasteiger partial charge in [0.25, 0.3) is 11.5 Å². The number of piperidine rings is 1. The second-order valence-corrected chi connectivity index (χ2v) is 5.60. The zero-order valence-corrected chi connectivity index (χ0v) is 12.5. The molecule has 0 bridgehead atoms. The van der Waals surface area contributed by atoms with E-state index < -0.39 is 0 Å². The van der Waals surface area contributed by atoms with Gasteiger partial charge in [-0.15, -0.1) is 0 Å². The van der Waals surface area contributed by atoms with E-state index in [0.29, 0.717) is 13.1 Å². The van der Waals surface area contributed by atoms with Gasteiger partial charge in [0.15, 0.2) is 0 Å². The molecule has 2 aromatic rings. The molecule has 1 N–H and O–H groups in total. The van der Waals surface area contributed by atoms with Gasteiger partial charge in [0.05, 0.1) is 5.69 Å². The predicted molar refractivity (Wildman–Crippen MR) is 81.7 cm³/mol. The fourth-order valence-electron chi connectivity index (χ4n) is 2.84. The van der Waals surface area contributed by atoms with Gasteiger partial charge in [-0.3, -0.25) is 19.6 Å². The van der Waals surface area contributed by atoms with E-state index in [2.05, 4.69) is 15.0 Å². The third-order valence-corrected chi connectivity index (χ3v) is 4.00. The molecule has 6 nitrogen and oxygen atoms in total. The van der Waals surface area contributed by atoms with Crippen molar-refractivity contribution in [1.82, 2.24) is 19.9 Å². The maximum Gasteiger partial charge on any atom is 0.260 e. The molecule has 3 heterocycles. The lowest BCUT2D eigenvalue weighted by atomic mass is 9.94. The lowest BCUT2D eigenvalue weighted by Gasteiger charge is -2.32. The van der Waals surface area contributed by atoms with Crippen LogP contribution in [0.2, 0.25) is 0 Å². The van der Waals surface area contributed by atoms with E-state index in [1.54, 1.807) is 42.5 Å². The molecule has 3 rings (SSSR count). The third-order valence-electron chi connectivity index (χ3n) is 4.00. The lowest BCUT2D eigenvalue weighted by Crippen LogP contribution is -2.41. The summed E-state index contributed by atoms with van der Waals surface area (Å²) in [4.78, 5) is 37.4. The topological polar surface area (TPSA) is 79.0 Å². The average molecular weight is 298 g/mol. The van der Waals surface area contributed by atoms with Crippen molar-refractivity contribution in [3.63, 3.8) is 0 Å². The highest BCUT2D eigenvalue weighted by Gasteiger charge is 2.27. The lowest BCUT2D eigenvalue weighted by molar-refractivity contribution is 0.0704. The van der Waals surface area contributed by atoms with Crippen LogP contribution in [0.25, 0.3) is 0 Å². The number of amides is 1. The molecule has 22 heavy (non-hydrogen) atoms. The Labute approximate surface area is 128 Å². The molecule has 0 aromatic carbocycles. The molecule has 0 saturated carbocycles. The van der Waals surface area contributed by atoms with Crippen molar-refractivity contribution >= 4 is 5.91 Å². The number of nitrogens with zero attached hydrogens (tertiary/aromatic N) is 3. The second-order valence-electron chi connectivity index (χ2n) is 5.60. The van der Waals surface area contributed by atoms with Crippen molar-refractivity contribution in [2.24, 2.45) is 0 Å². The Kier molecular flexibility index (Phi) is 4.00. The highest BCUT2D eigenvalue weighted by Crippen LogP contribution is 2.25. The minimum atomic E-state index is -0.327. The number of carbonyl (C=O) groups excluding carboxylic acids is 1. The van der Waals surface area contributed by atoms with E-state index in [-0.39, 0.29) is 22.9 Å². The average Bonchev–Trinajstić information content (AvgIpc) is 2.55. The number of nitrogens with one attached hydrogen (secondary N) is 1. The Balaban J connectivity index is 1.80. The van der Waals surface area contributed by atoms with Crippen LogP contribution in [0.4, 0.5) is 0 Å². The summed E-state index contributed by atoms with van der Waals surface area (Å²) in [6.07, 6.45) is 6.93. The van der Waals surface area contributed by atoms with E-state index in [0.717, 1.165) is 24.2 Å². The van der Waals surface area contributed by atoms with Crippen LogP contribution in [-0.4, -0.2) is 38.8 Å². The van der Waals surface area contributed by atoms with Gasteiger partial charge in [0.2, 0.25) is 0 Å². The Morgan fingerprint density at radius 2 is 2.23 bits per heavy atom. The number of aromatic nitrogens is 3. The summed E-state index contributed by atoms with van der Waals surface area (Å²) >= 11 is 0. The normalized spacial score (nSPS) is 18.2. The SMILES string of the molecule is Cc1ccc(C(=O)N2CCCC(c3cnccn3)C2)c(=O)[nH]1. The molecule has 1 atom stereocenters. The smallest absolute Gasteiger partial charge is 0.260 e. The number of carbonyl (C=O) groups is 1. The summed E-state index contributed by atoms with van der Waals surface area (Å²) < 4.78 is 0. The molecule has 1 aliphatic heterocycles. The predicted octanol–water partition coefficient (Wildman–Crippen LogP) is 1.49. The van der Waals surface area contributed by atoms with Gasteiger partial charge in [-0.25, -0.2) is 0 Å². The summed E-state index contributed by atoms with van der Waals surface area (Å²) in [5, 5.41) is 0. The highest BCUT2D eigenvalue weighted by atomic mass is 16.2. The van der Waals surface area contributed by atoms with E-state index >= 15 is 0 Å². The Morgan fingerprint density at radius 3 is 2.95 bits per heavy atom. The van der Waals surface area contributed by atoms with Crippen LogP contribution in [0.5, 0.6) is 0 Å². The van der Waals surface area contributed by atoms with Gasteiger partial charge in [0, 0.05) is 43.3 Å². The van der Waals surface area contributed by atoms with Crippen LogP contribution < -0.4 is 5.56 Å². The number of H-pyrrole nitrogens is 1. The Morgan fingerprint density at radius 1 is 1.36 bits per heavy atom. The number of aryl methyl sites for hydroxylation is 1. The summed E-state index contributed by atoms with van der Waals surface area (Å²) in [5.41, 5.74) is 1.52. The van der Waals surface area contributed by atoms with Gasteiger partial charge in [-0.2, -0.15) is 0 Å². The maximum absolute atomic E-state index is 12.6. The molecule has 1 amide bonds. The Hall–Kier alpha value is -2.50. The number of likely N-dealkylation sites (tertiary alicyclic amines) is 1. The molecule has 1 fully saturated rings. The molecule has 1 saturated heterocycles. The second kappa shape index (κ2) is 6.09. The van der Waals surface area contributed by atoms with E-state index in [4.69, 9.17) is 0 Å². The molecule has 2 aromatic heterocycles. The number of hydrogen-bond acceptors (Lipinski definition) is 4. The monoisotopic (exact) mass is 298 g/mol. The van der Waals surface area contributed by atoms with Crippen molar-refractivity contribution in [3.8, 4) is 0 Å². The zero-order chi connectivity index (χ0) is 15.5. The summed E-state index contributed by atoms with van der Waals surface area (Å²) in [6.45, 7) is 3.04. The number of hydrogen-bond donors (Lipinski definition) is 1. The maximum atomic E-state index is 12.6. The third kappa shape index (κ3) is 2.90. The van der Waals surface area contributed by atoms with Gasteiger partial charge >= 0.3 is 0 Å². The zero-order valence-electron chi connectivity index (χ0n) is 12.5. The molecule has 0 radical (unpaired) electrons. The first-order valence-electron chi connectivity index (χ1n) is 7.40. The fraction of sp³-hybridized carbons (Fsp3) is 0.375. The number of pyridine rings is 1. The van der Waals surface area contributed by atoms with Gasteiger partial charge in [-0.1, -0.05) is 0 Å². The highest BCUT2D eigenvalue weighted by molar-refractivity contribution is 5.93. The summed E-state index contributed by atoms with van der Waals surface area (Å²) in [6, 6.07) is 3.35. The van der Waals surface area contributed by atoms with Crippen LogP contribution in [0.3, 0.4) is 0 Å². The minimum absolute atomic E-state index is 0.177. The van der Waals surface area contributed by atoms with Gasteiger partial charge < -0.3 is 9.88 Å². The molecule has 1 aliphatic rings. The van der Waals surface area contributed by atoms with Crippen molar-refractivity contribution in [2.75, 3.05) is 13.1 Å². The summed E-state index contributed by atoms with van der Waals surface area (Å²) in [7, 11) is 0. The largest absolute Gasteiger partial charge is 0.338 e. The minimum Gasteiger partial charge on any atom is -0.338 e. The van der Waals surface area contributed by atoms with Crippen LogP contribution in [0.1, 0.15) is 40.5 Å². The van der Waals surface area contributed by atoms with Gasteiger partial charge in [-0.05, 0) is 31.9 Å². The van der Waals surface area contributed by atoms with Crippen LogP contribution in [0.15, 0.2) is 35.5 Å². The van der Waals surface area contributed by atoms with Crippen molar-refractivity contribution < 1.29 is 4.79 Å². The van der Waals surface area contributed by atoms with Crippen molar-refractivity contribution in [2.45, 2.75) is 25.7 Å². The van der Waals surface area contributed by atoms with Crippen LogP contribution >= 0.6 is 0 Å². The molecule has 1 unspecified atom stereocenters. The van der Waals surface area contributed by atoms with E-state index in [1.807, 2.05) is 0 Å². The molecule has 6 heteroatoms. The first-order valence-corrected chi connectivity index (χ1v) is 7.40. The molecular formula is C16H18N4O2. The standard InChI is InChI=1S/C16H18N4O2/c1-11-4-5-13(15(21)19-11)16(22)20-8-2-3-12(10-20)14-9-17-6-7-18-14/h4-7,9,12H,2-3,8,10H2,1H3,(H,19,21). The Bertz CT molecular complexity index is 726. The molecule has 0 spiro atoms.